The normalized spacial score (nSPS) is 8.75. The van der Waals surface area contributed by atoms with Gasteiger partial charge in [-0.05, 0) is 18.5 Å². The number of halogens is 3. The Morgan fingerprint density at radius 1 is 1.25 bits per heavy atom. The van der Waals surface area contributed by atoms with Crippen LogP contribution in [0.2, 0.25) is 15.6 Å². The Hall–Kier alpha value is -0.0900. The van der Waals surface area contributed by atoms with Gasteiger partial charge in [0.15, 0.2) is 0 Å². The van der Waals surface area contributed by atoms with E-state index < -0.39 is 0 Å². The van der Waals surface area contributed by atoms with Gasteiger partial charge >= 0.3 is 0 Å². The summed E-state index contributed by atoms with van der Waals surface area (Å²) in [5.41, 5.74) is 0. The van der Waals surface area contributed by atoms with E-state index >= 15 is 0 Å². The summed E-state index contributed by atoms with van der Waals surface area (Å²) in [6, 6.07) is 1.41. The Labute approximate surface area is 85.3 Å². The van der Waals surface area contributed by atoms with Gasteiger partial charge in [0.1, 0.15) is 10.3 Å². The highest BCUT2D eigenvalue weighted by atomic mass is 35.5. The molecule has 1 N–H and O–H groups in total. The summed E-state index contributed by atoms with van der Waals surface area (Å²) in [7, 11) is 0. The average molecular weight is 229 g/mol. The van der Waals surface area contributed by atoms with Crippen LogP contribution in [-0.2, 0) is 0 Å². The molecule has 0 radical (unpaired) electrons. The SMILES string of the molecule is CCO.Clc1cc(Cl)nc(Cl)n1. The lowest BCUT2D eigenvalue weighted by molar-refractivity contribution is 0.318. The van der Waals surface area contributed by atoms with Crippen molar-refractivity contribution in [2.24, 2.45) is 0 Å². The van der Waals surface area contributed by atoms with Crippen molar-refractivity contribution in [3.8, 4) is 0 Å². The van der Waals surface area contributed by atoms with E-state index in [1.54, 1.807) is 6.92 Å². The molecule has 0 aliphatic heterocycles. The van der Waals surface area contributed by atoms with Gasteiger partial charge in [0, 0.05) is 12.7 Å². The van der Waals surface area contributed by atoms with Gasteiger partial charge in [0.05, 0.1) is 0 Å². The van der Waals surface area contributed by atoms with Crippen LogP contribution in [0.25, 0.3) is 0 Å². The molecule has 0 unspecified atom stereocenters. The van der Waals surface area contributed by atoms with E-state index in [1.165, 1.54) is 6.07 Å². The van der Waals surface area contributed by atoms with E-state index in [2.05, 4.69) is 9.97 Å². The summed E-state index contributed by atoms with van der Waals surface area (Å²) in [4.78, 5) is 7.14. The van der Waals surface area contributed by atoms with E-state index in [0.717, 1.165) is 0 Å². The molecule has 0 saturated carbocycles. The first-order valence-corrected chi connectivity index (χ1v) is 4.20. The number of rotatable bonds is 0. The van der Waals surface area contributed by atoms with Gasteiger partial charge in [0.25, 0.3) is 0 Å². The summed E-state index contributed by atoms with van der Waals surface area (Å²) in [6.45, 7) is 1.93. The first-order chi connectivity index (χ1) is 5.60. The minimum atomic E-state index is 0.0625. The highest BCUT2D eigenvalue weighted by Gasteiger charge is 1.95. The number of hydrogen-bond donors (Lipinski definition) is 1. The predicted octanol–water partition coefficient (Wildman–Crippen LogP) is 2.44. The minimum Gasteiger partial charge on any atom is -0.397 e. The zero-order chi connectivity index (χ0) is 9.56. The quantitative estimate of drug-likeness (QED) is 0.549. The van der Waals surface area contributed by atoms with E-state index in [-0.39, 0.29) is 22.2 Å². The van der Waals surface area contributed by atoms with Crippen LogP contribution in [0.5, 0.6) is 0 Å². The maximum absolute atomic E-state index is 7.57. The Morgan fingerprint density at radius 3 is 1.83 bits per heavy atom. The molecule has 1 aromatic rings. The fourth-order valence-electron chi connectivity index (χ4n) is 0.364. The summed E-state index contributed by atoms with van der Waals surface area (Å²) in [6.07, 6.45) is 0. The first-order valence-electron chi connectivity index (χ1n) is 3.06. The van der Waals surface area contributed by atoms with Crippen molar-refractivity contribution < 1.29 is 5.11 Å². The molecule has 0 saturated heterocycles. The van der Waals surface area contributed by atoms with Crippen LogP contribution in [0.1, 0.15) is 6.92 Å². The van der Waals surface area contributed by atoms with Crippen molar-refractivity contribution in [1.82, 2.24) is 9.97 Å². The zero-order valence-corrected chi connectivity index (χ0v) is 8.53. The fourth-order valence-corrected chi connectivity index (χ4v) is 1.06. The molecule has 0 aliphatic rings. The molecule has 0 aliphatic carbocycles. The van der Waals surface area contributed by atoms with Crippen LogP contribution in [0, 0.1) is 0 Å². The van der Waals surface area contributed by atoms with Gasteiger partial charge in [-0.15, -0.1) is 0 Å². The van der Waals surface area contributed by atoms with Crippen molar-refractivity contribution in [2.45, 2.75) is 6.92 Å². The molecule has 68 valence electrons. The topological polar surface area (TPSA) is 46.0 Å². The lowest BCUT2D eigenvalue weighted by Crippen LogP contribution is -1.81. The second-order valence-corrected chi connectivity index (χ2v) is 2.71. The summed E-state index contributed by atoms with van der Waals surface area (Å²) >= 11 is 16.2. The molecule has 0 fully saturated rings. The summed E-state index contributed by atoms with van der Waals surface area (Å²) < 4.78 is 0. The van der Waals surface area contributed by atoms with Crippen LogP contribution in [0.15, 0.2) is 6.07 Å². The lowest BCUT2D eigenvalue weighted by atomic mass is 10.7. The average Bonchev–Trinajstić information content (AvgIpc) is 1.84. The number of aliphatic hydroxyl groups excluding tert-OH is 1. The molecule has 3 nitrogen and oxygen atoms in total. The van der Waals surface area contributed by atoms with Crippen molar-refractivity contribution in [2.75, 3.05) is 6.61 Å². The Bertz CT molecular complexity index is 194. The largest absolute Gasteiger partial charge is 0.397 e. The van der Waals surface area contributed by atoms with Crippen molar-refractivity contribution in [3.63, 3.8) is 0 Å². The third-order valence-corrected chi connectivity index (χ3v) is 1.19. The van der Waals surface area contributed by atoms with Crippen LogP contribution >= 0.6 is 34.8 Å². The Morgan fingerprint density at radius 2 is 1.58 bits per heavy atom. The van der Waals surface area contributed by atoms with Crippen molar-refractivity contribution >= 4 is 34.8 Å². The molecule has 1 heterocycles. The van der Waals surface area contributed by atoms with Gasteiger partial charge < -0.3 is 5.11 Å². The number of aliphatic hydroxyl groups is 1. The molecule has 0 atom stereocenters. The molecular formula is C6H7Cl3N2O. The van der Waals surface area contributed by atoms with Gasteiger partial charge in [-0.1, -0.05) is 23.2 Å². The van der Waals surface area contributed by atoms with E-state index in [1.807, 2.05) is 0 Å². The number of nitrogens with zero attached hydrogens (tertiary/aromatic N) is 2. The third kappa shape index (κ3) is 5.55. The van der Waals surface area contributed by atoms with Crippen molar-refractivity contribution in [1.29, 1.82) is 0 Å². The molecule has 0 amide bonds. The number of aromatic nitrogens is 2. The smallest absolute Gasteiger partial charge is 0.225 e. The van der Waals surface area contributed by atoms with Crippen LogP contribution < -0.4 is 0 Å². The van der Waals surface area contributed by atoms with E-state index in [0.29, 0.717) is 0 Å². The molecule has 6 heteroatoms. The molecule has 12 heavy (non-hydrogen) atoms. The van der Waals surface area contributed by atoms with E-state index in [4.69, 9.17) is 39.9 Å². The standard InChI is InChI=1S/C4HCl3N2.C2H6O/c5-2-1-3(6)9-4(7)8-2;1-2-3/h1H;3H,2H2,1H3. The second kappa shape index (κ2) is 6.43. The molecule has 0 aromatic carbocycles. The van der Waals surface area contributed by atoms with Gasteiger partial charge in [0.2, 0.25) is 5.28 Å². The third-order valence-electron chi connectivity index (χ3n) is 0.636. The second-order valence-electron chi connectivity index (χ2n) is 1.60. The Kier molecular flexibility index (Phi) is 6.38. The lowest BCUT2D eigenvalue weighted by Gasteiger charge is -1.89. The zero-order valence-electron chi connectivity index (χ0n) is 6.26. The predicted molar refractivity (Wildman–Crippen MR) is 49.8 cm³/mol. The van der Waals surface area contributed by atoms with Crippen LogP contribution in [0.3, 0.4) is 0 Å². The minimum absolute atomic E-state index is 0.0625. The van der Waals surface area contributed by atoms with Gasteiger partial charge in [-0.2, -0.15) is 0 Å². The maximum atomic E-state index is 7.57. The molecule has 0 spiro atoms. The van der Waals surface area contributed by atoms with Gasteiger partial charge in [-0.3, -0.25) is 0 Å². The highest BCUT2D eigenvalue weighted by molar-refractivity contribution is 6.35. The van der Waals surface area contributed by atoms with Crippen LogP contribution in [0.4, 0.5) is 0 Å². The van der Waals surface area contributed by atoms with Gasteiger partial charge in [-0.25, -0.2) is 9.97 Å². The molecule has 1 rings (SSSR count). The molecule has 0 bridgehead atoms. The summed E-state index contributed by atoms with van der Waals surface area (Å²) in [5, 5.41) is 8.13. The molecular weight excluding hydrogens is 222 g/mol. The van der Waals surface area contributed by atoms with Crippen LogP contribution in [-0.4, -0.2) is 21.7 Å². The molecule has 1 aromatic heterocycles. The van der Waals surface area contributed by atoms with Crippen molar-refractivity contribution in [3.05, 3.63) is 21.7 Å². The number of hydrogen-bond acceptors (Lipinski definition) is 3. The van der Waals surface area contributed by atoms with E-state index in [9.17, 15) is 0 Å². The Balaban J connectivity index is 0.000000354. The first kappa shape index (κ1) is 11.9. The summed E-state index contributed by atoms with van der Waals surface area (Å²) in [5.74, 6) is 0. The maximum Gasteiger partial charge on any atom is 0.225 e. The monoisotopic (exact) mass is 228 g/mol. The highest BCUT2D eigenvalue weighted by Crippen LogP contribution is 2.13. The fraction of sp³-hybridized carbons (Fsp3) is 0.333.